The van der Waals surface area contributed by atoms with Crippen molar-refractivity contribution in [3.63, 3.8) is 0 Å². The number of carbonyl (C=O) groups excluding carboxylic acids is 1. The summed E-state index contributed by atoms with van der Waals surface area (Å²) in [6, 6.07) is 8.14. The summed E-state index contributed by atoms with van der Waals surface area (Å²) in [7, 11) is 0. The van der Waals surface area contributed by atoms with E-state index in [-0.39, 0.29) is 11.9 Å². The quantitative estimate of drug-likeness (QED) is 0.676. The highest BCUT2D eigenvalue weighted by molar-refractivity contribution is 7.09. The topological polar surface area (TPSA) is 51.0 Å². The van der Waals surface area contributed by atoms with E-state index in [1.807, 2.05) is 24.3 Å². The van der Waals surface area contributed by atoms with Gasteiger partial charge in [0.15, 0.2) is 5.69 Å². The Morgan fingerprint density at radius 2 is 2.04 bits per heavy atom. The Labute approximate surface area is 151 Å². The minimum atomic E-state index is -4.46. The molecule has 0 bridgehead atoms. The van der Waals surface area contributed by atoms with Crippen LogP contribution in [0.5, 0.6) is 0 Å². The van der Waals surface area contributed by atoms with Crippen LogP contribution in [-0.2, 0) is 6.18 Å². The molecule has 1 aliphatic rings. The van der Waals surface area contributed by atoms with E-state index in [9.17, 15) is 18.0 Å². The summed E-state index contributed by atoms with van der Waals surface area (Å²) in [4.78, 5) is 15.2. The first-order valence-electron chi connectivity index (χ1n) is 8.19. The number of benzene rings is 1. The number of halogens is 3. The molecule has 26 heavy (non-hydrogen) atoms. The maximum atomic E-state index is 12.9. The molecule has 1 saturated heterocycles. The molecule has 0 radical (unpaired) electrons. The van der Waals surface area contributed by atoms with E-state index in [0.29, 0.717) is 30.8 Å². The van der Waals surface area contributed by atoms with Crippen LogP contribution in [0.1, 0.15) is 34.2 Å². The van der Waals surface area contributed by atoms with Crippen LogP contribution in [0, 0.1) is 0 Å². The molecule has 1 unspecified atom stereocenters. The van der Waals surface area contributed by atoms with Crippen LogP contribution < -0.4 is 0 Å². The number of alkyl halides is 3. The molecule has 3 heterocycles. The van der Waals surface area contributed by atoms with Gasteiger partial charge in [-0.15, -0.1) is 0 Å². The molecule has 1 aliphatic heterocycles. The Hall–Kier alpha value is -2.42. The lowest BCUT2D eigenvalue weighted by molar-refractivity contribution is -0.141. The molecule has 0 aliphatic carbocycles. The Morgan fingerprint density at radius 1 is 1.23 bits per heavy atom. The average molecular weight is 380 g/mol. The number of hydrogen-bond acceptors (Lipinski definition) is 4. The molecule has 2 aromatic heterocycles. The van der Waals surface area contributed by atoms with Crippen molar-refractivity contribution in [2.45, 2.75) is 25.1 Å². The van der Waals surface area contributed by atoms with Crippen LogP contribution in [0.3, 0.4) is 0 Å². The second-order valence-corrected chi connectivity index (χ2v) is 7.03. The second-order valence-electron chi connectivity index (χ2n) is 6.25. The van der Waals surface area contributed by atoms with Gasteiger partial charge < -0.3 is 4.90 Å². The number of hydrogen-bond donors (Lipinski definition) is 0. The number of rotatable bonds is 2. The van der Waals surface area contributed by atoms with Crippen LogP contribution in [0.2, 0.25) is 0 Å². The Balaban J connectivity index is 1.55. The molecule has 1 aromatic carbocycles. The fourth-order valence-corrected chi connectivity index (χ4v) is 4.06. The Kier molecular flexibility index (Phi) is 4.18. The number of amides is 1. The van der Waals surface area contributed by atoms with Gasteiger partial charge in [0.25, 0.3) is 5.91 Å². The van der Waals surface area contributed by atoms with Crippen LogP contribution in [0.4, 0.5) is 13.2 Å². The Bertz CT molecular complexity index is 949. The standard InChI is InChI=1S/C17H15F3N4OS/c18-17(19,20)14-7-9-24(21-14)11-4-3-8-23(10-11)16(25)15-12-5-1-2-6-13(12)22-26-15/h1-2,5-7,9,11H,3-4,8,10H2. The molecule has 4 rings (SSSR count). The summed E-state index contributed by atoms with van der Waals surface area (Å²) in [5.41, 5.74) is -0.134. The SMILES string of the molecule is O=C(c1snc2ccccc12)N1CCCC(n2ccc(C(F)(F)F)n2)C1. The molecule has 1 amide bonds. The van der Waals surface area contributed by atoms with Crippen LogP contribution in [0.25, 0.3) is 10.9 Å². The first-order chi connectivity index (χ1) is 12.4. The summed E-state index contributed by atoms with van der Waals surface area (Å²) in [6.45, 7) is 0.916. The summed E-state index contributed by atoms with van der Waals surface area (Å²) < 4.78 is 43.9. The van der Waals surface area contributed by atoms with Crippen molar-refractivity contribution in [1.82, 2.24) is 19.1 Å². The first kappa shape index (κ1) is 17.0. The van der Waals surface area contributed by atoms with Crippen molar-refractivity contribution in [3.8, 4) is 0 Å². The monoisotopic (exact) mass is 380 g/mol. The van der Waals surface area contributed by atoms with Crippen molar-refractivity contribution in [1.29, 1.82) is 0 Å². The van der Waals surface area contributed by atoms with Gasteiger partial charge in [-0.25, -0.2) is 0 Å². The van der Waals surface area contributed by atoms with E-state index >= 15 is 0 Å². The molecule has 0 saturated carbocycles. The van der Waals surface area contributed by atoms with Crippen molar-refractivity contribution in [3.05, 3.63) is 47.1 Å². The van der Waals surface area contributed by atoms with Gasteiger partial charge in [0.05, 0.1) is 11.6 Å². The van der Waals surface area contributed by atoms with Gasteiger partial charge in [0.1, 0.15) is 4.88 Å². The molecule has 0 spiro atoms. The zero-order valence-corrected chi connectivity index (χ0v) is 14.4. The van der Waals surface area contributed by atoms with Gasteiger partial charge in [-0.1, -0.05) is 18.2 Å². The molecule has 9 heteroatoms. The van der Waals surface area contributed by atoms with Crippen LogP contribution >= 0.6 is 11.5 Å². The van der Waals surface area contributed by atoms with Crippen molar-refractivity contribution >= 4 is 28.3 Å². The normalized spacial score (nSPS) is 18.4. The lowest BCUT2D eigenvalue weighted by atomic mass is 10.1. The minimum Gasteiger partial charge on any atom is -0.336 e. The van der Waals surface area contributed by atoms with E-state index in [0.717, 1.165) is 28.5 Å². The molecular weight excluding hydrogens is 365 g/mol. The molecule has 1 atom stereocenters. The summed E-state index contributed by atoms with van der Waals surface area (Å²) in [6.07, 6.45) is -1.72. The summed E-state index contributed by atoms with van der Waals surface area (Å²) >= 11 is 1.16. The zero-order valence-electron chi connectivity index (χ0n) is 13.6. The van der Waals surface area contributed by atoms with E-state index < -0.39 is 11.9 Å². The van der Waals surface area contributed by atoms with Gasteiger partial charge in [-0.3, -0.25) is 9.48 Å². The molecule has 136 valence electrons. The molecule has 5 nitrogen and oxygen atoms in total. The maximum absolute atomic E-state index is 12.9. The predicted molar refractivity (Wildman–Crippen MR) is 91.0 cm³/mol. The first-order valence-corrected chi connectivity index (χ1v) is 8.97. The number of nitrogens with zero attached hydrogens (tertiary/aromatic N) is 4. The third-order valence-electron chi connectivity index (χ3n) is 4.53. The Morgan fingerprint density at radius 3 is 2.81 bits per heavy atom. The van der Waals surface area contributed by atoms with E-state index in [4.69, 9.17) is 0 Å². The number of carbonyl (C=O) groups is 1. The van der Waals surface area contributed by atoms with Gasteiger partial charge in [-0.2, -0.15) is 22.6 Å². The van der Waals surface area contributed by atoms with Crippen LogP contribution in [-0.4, -0.2) is 38.1 Å². The molecule has 0 N–H and O–H groups in total. The van der Waals surface area contributed by atoms with Crippen molar-refractivity contribution in [2.75, 3.05) is 13.1 Å². The summed E-state index contributed by atoms with van der Waals surface area (Å²) in [5.74, 6) is -0.128. The third kappa shape index (κ3) is 3.07. The molecule has 3 aromatic rings. The lowest BCUT2D eigenvalue weighted by Crippen LogP contribution is -2.40. The predicted octanol–water partition coefficient (Wildman–Crippen LogP) is 3.99. The maximum Gasteiger partial charge on any atom is 0.435 e. The van der Waals surface area contributed by atoms with Gasteiger partial charge in [0, 0.05) is 24.7 Å². The zero-order chi connectivity index (χ0) is 18.3. The second kappa shape index (κ2) is 6.39. The number of piperidine rings is 1. The average Bonchev–Trinajstić information content (AvgIpc) is 3.28. The van der Waals surface area contributed by atoms with Gasteiger partial charge in [-0.05, 0) is 36.5 Å². The third-order valence-corrected chi connectivity index (χ3v) is 5.40. The fourth-order valence-electron chi connectivity index (χ4n) is 3.23. The van der Waals surface area contributed by atoms with Gasteiger partial charge >= 0.3 is 6.18 Å². The summed E-state index contributed by atoms with van der Waals surface area (Å²) in [5, 5.41) is 4.46. The number of likely N-dealkylation sites (tertiary alicyclic amines) is 1. The molecule has 1 fully saturated rings. The van der Waals surface area contributed by atoms with Crippen molar-refractivity contribution in [2.24, 2.45) is 0 Å². The van der Waals surface area contributed by atoms with Gasteiger partial charge in [0.2, 0.25) is 0 Å². The lowest BCUT2D eigenvalue weighted by Gasteiger charge is -2.32. The largest absolute Gasteiger partial charge is 0.435 e. The van der Waals surface area contributed by atoms with E-state index in [1.54, 1.807) is 4.90 Å². The highest BCUT2D eigenvalue weighted by Crippen LogP contribution is 2.30. The smallest absolute Gasteiger partial charge is 0.336 e. The van der Waals surface area contributed by atoms with E-state index in [2.05, 4.69) is 9.47 Å². The fraction of sp³-hybridized carbons (Fsp3) is 0.353. The number of aromatic nitrogens is 3. The van der Waals surface area contributed by atoms with Crippen molar-refractivity contribution < 1.29 is 18.0 Å². The number of fused-ring (bicyclic) bond motifs is 1. The molecular formula is C17H15F3N4OS. The van der Waals surface area contributed by atoms with E-state index in [1.165, 1.54) is 10.9 Å². The highest BCUT2D eigenvalue weighted by atomic mass is 32.1. The minimum absolute atomic E-state index is 0.128. The highest BCUT2D eigenvalue weighted by Gasteiger charge is 2.35. The van der Waals surface area contributed by atoms with Crippen LogP contribution in [0.15, 0.2) is 36.5 Å².